The molecule has 2 rings (SSSR count). The van der Waals surface area contributed by atoms with E-state index >= 15 is 0 Å². The molecule has 0 aliphatic heterocycles. The van der Waals surface area contributed by atoms with Crippen LogP contribution in [0, 0.1) is 19.9 Å². The summed E-state index contributed by atoms with van der Waals surface area (Å²) in [6.07, 6.45) is 8.82. The maximum atomic E-state index is 8.99. The second-order valence-corrected chi connectivity index (χ2v) is 10.8. The van der Waals surface area contributed by atoms with Gasteiger partial charge in [0, 0.05) is 29.8 Å². The standard InChI is InChI=1S/C8H10O.C8H13Si.2ClH.Ti/c1-6-3-7(2)5-8(9)4-6;1-9(2,3)8-6-4-5-7-8;;;/h3-5,9H,1-2H3;4,6H,5H2,1-3H3;2*1H;/q;-1;;;. The molecule has 1 aromatic rings. The van der Waals surface area contributed by atoms with Gasteiger partial charge in [0.25, 0.3) is 0 Å². The fraction of sp³-hybridized carbons (Fsp3) is 0.375. The maximum Gasteiger partial charge on any atom is 0.116 e. The van der Waals surface area contributed by atoms with Crippen LogP contribution in [0.25, 0.3) is 0 Å². The van der Waals surface area contributed by atoms with E-state index in [0.29, 0.717) is 5.75 Å². The summed E-state index contributed by atoms with van der Waals surface area (Å²) in [7, 11) is -1.01. The molecule has 0 saturated heterocycles. The van der Waals surface area contributed by atoms with E-state index in [2.05, 4.69) is 37.9 Å². The van der Waals surface area contributed by atoms with Crippen molar-refractivity contribution in [1.82, 2.24) is 0 Å². The summed E-state index contributed by atoms with van der Waals surface area (Å²) in [6, 6.07) is 5.51. The molecule has 1 aliphatic carbocycles. The van der Waals surface area contributed by atoms with Crippen LogP contribution in [-0.4, -0.2) is 13.2 Å². The van der Waals surface area contributed by atoms with Crippen molar-refractivity contribution in [2.24, 2.45) is 0 Å². The fourth-order valence-corrected chi connectivity index (χ4v) is 3.12. The van der Waals surface area contributed by atoms with Crippen LogP contribution < -0.4 is 0 Å². The first-order valence-corrected chi connectivity index (χ1v) is 9.84. The van der Waals surface area contributed by atoms with Crippen LogP contribution in [0.4, 0.5) is 0 Å². The van der Waals surface area contributed by atoms with E-state index in [-0.39, 0.29) is 46.5 Å². The zero-order valence-electron chi connectivity index (χ0n) is 13.4. The molecule has 0 bridgehead atoms. The molecule has 0 unspecified atom stereocenters. The normalized spacial score (nSPS) is 12.0. The minimum absolute atomic E-state index is 0. The van der Waals surface area contributed by atoms with Gasteiger partial charge in [-0.1, -0.05) is 25.7 Å². The predicted molar refractivity (Wildman–Crippen MR) is 95.9 cm³/mol. The van der Waals surface area contributed by atoms with E-state index in [9.17, 15) is 0 Å². The molecule has 1 aliphatic rings. The van der Waals surface area contributed by atoms with E-state index < -0.39 is 8.07 Å². The third kappa shape index (κ3) is 10.4. The summed E-state index contributed by atoms with van der Waals surface area (Å²) < 4.78 is 0. The summed E-state index contributed by atoms with van der Waals surface area (Å²) >= 11 is 0. The van der Waals surface area contributed by atoms with Crippen molar-refractivity contribution in [3.8, 4) is 5.75 Å². The zero-order chi connectivity index (χ0) is 13.8. The molecule has 5 heteroatoms. The molecule has 118 valence electrons. The van der Waals surface area contributed by atoms with Gasteiger partial charge < -0.3 is 5.11 Å². The summed E-state index contributed by atoms with van der Waals surface area (Å²) in [5.41, 5.74) is 2.21. The monoisotopic (exact) mass is 379 g/mol. The van der Waals surface area contributed by atoms with Crippen LogP contribution in [0.1, 0.15) is 17.5 Å². The first kappa shape index (κ1) is 25.9. The third-order valence-electron chi connectivity index (χ3n) is 2.71. The topological polar surface area (TPSA) is 20.2 Å². The second-order valence-electron chi connectivity index (χ2n) is 5.79. The average Bonchev–Trinajstić information content (AvgIpc) is 2.66. The fourth-order valence-electron chi connectivity index (χ4n) is 1.87. The Morgan fingerprint density at radius 2 is 1.48 bits per heavy atom. The smallest absolute Gasteiger partial charge is 0.116 e. The molecule has 0 aromatic heterocycles. The van der Waals surface area contributed by atoms with Gasteiger partial charge >= 0.3 is 0 Å². The number of benzene rings is 1. The molecule has 0 spiro atoms. The Morgan fingerprint density at radius 1 is 1.00 bits per heavy atom. The maximum absolute atomic E-state index is 8.99. The van der Waals surface area contributed by atoms with Crippen LogP contribution in [0.5, 0.6) is 5.75 Å². The molecule has 1 aromatic carbocycles. The molecule has 1 N–H and O–H groups in total. The summed E-state index contributed by atoms with van der Waals surface area (Å²) in [6.45, 7) is 11.0. The number of hydrogen-bond acceptors (Lipinski definition) is 1. The van der Waals surface area contributed by atoms with Crippen molar-refractivity contribution in [2.45, 2.75) is 39.9 Å². The number of phenols is 1. The molecule has 21 heavy (non-hydrogen) atoms. The van der Waals surface area contributed by atoms with Gasteiger partial charge in [0.05, 0.1) is 0 Å². The van der Waals surface area contributed by atoms with E-state index in [4.69, 9.17) is 5.11 Å². The second kappa shape index (κ2) is 11.6. The minimum atomic E-state index is -1.01. The molecular formula is C16H25Cl2OSiTi-. The van der Waals surface area contributed by atoms with Gasteiger partial charge in [-0.2, -0.15) is 6.08 Å². The predicted octanol–water partition coefficient (Wildman–Crippen LogP) is 5.40. The van der Waals surface area contributed by atoms with Gasteiger partial charge in [0.15, 0.2) is 0 Å². The van der Waals surface area contributed by atoms with Gasteiger partial charge in [0.2, 0.25) is 0 Å². The molecule has 0 heterocycles. The molecule has 0 radical (unpaired) electrons. The molecular weight excluding hydrogens is 355 g/mol. The molecule has 1 nitrogen and oxygen atoms in total. The van der Waals surface area contributed by atoms with E-state index in [0.717, 1.165) is 17.5 Å². The van der Waals surface area contributed by atoms with Crippen molar-refractivity contribution >= 4 is 32.9 Å². The average molecular weight is 380 g/mol. The molecule has 0 fully saturated rings. The Bertz CT molecular complexity index is 429. The van der Waals surface area contributed by atoms with Crippen molar-refractivity contribution in [2.75, 3.05) is 0 Å². The van der Waals surface area contributed by atoms with Gasteiger partial charge in [-0.3, -0.25) is 6.08 Å². The number of phenolic OH excluding ortho intramolecular Hbond substituents is 1. The number of aryl methyl sites for hydroxylation is 2. The molecule has 0 amide bonds. The summed E-state index contributed by atoms with van der Waals surface area (Å²) in [4.78, 5) is 0. The number of aromatic hydroxyl groups is 1. The Balaban J connectivity index is -0.000000270. The van der Waals surface area contributed by atoms with Crippen molar-refractivity contribution in [3.05, 3.63) is 52.8 Å². The van der Waals surface area contributed by atoms with Crippen LogP contribution in [0.15, 0.2) is 35.5 Å². The number of rotatable bonds is 1. The Hall–Kier alpha value is 0.0112. The van der Waals surface area contributed by atoms with Crippen LogP contribution in [-0.2, 0) is 21.7 Å². The minimum Gasteiger partial charge on any atom is -0.508 e. The first-order valence-electron chi connectivity index (χ1n) is 6.34. The van der Waals surface area contributed by atoms with Crippen molar-refractivity contribution < 1.29 is 26.8 Å². The Morgan fingerprint density at radius 3 is 1.71 bits per heavy atom. The van der Waals surface area contributed by atoms with E-state index in [1.54, 1.807) is 12.1 Å². The largest absolute Gasteiger partial charge is 0.508 e. The Labute approximate surface area is 157 Å². The van der Waals surface area contributed by atoms with Crippen molar-refractivity contribution in [1.29, 1.82) is 0 Å². The zero-order valence-corrected chi connectivity index (χ0v) is 17.6. The molecule has 0 saturated carbocycles. The van der Waals surface area contributed by atoms with Crippen LogP contribution in [0.3, 0.4) is 0 Å². The SMILES string of the molecule is C[Si](C)(C)C1=[C-]CC=C1.Cc1cc(C)cc(O)c1.Cl.Cl.[Ti]. The van der Waals surface area contributed by atoms with Crippen LogP contribution >= 0.6 is 24.8 Å². The van der Waals surface area contributed by atoms with E-state index in [1.807, 2.05) is 19.9 Å². The van der Waals surface area contributed by atoms with Gasteiger partial charge in [-0.05, 0) is 37.1 Å². The van der Waals surface area contributed by atoms with Crippen LogP contribution in [0.2, 0.25) is 19.6 Å². The first-order chi connectivity index (χ1) is 8.29. The van der Waals surface area contributed by atoms with Gasteiger partial charge in [-0.25, -0.2) is 11.3 Å². The summed E-state index contributed by atoms with van der Waals surface area (Å²) in [5, 5.41) is 10.5. The molecule has 0 atom stereocenters. The quantitative estimate of drug-likeness (QED) is 0.511. The number of hydrogen-bond donors (Lipinski definition) is 1. The Kier molecular flexibility index (Phi) is 14.3. The third-order valence-corrected chi connectivity index (χ3v) is 4.67. The van der Waals surface area contributed by atoms with Crippen molar-refractivity contribution in [3.63, 3.8) is 0 Å². The summed E-state index contributed by atoms with van der Waals surface area (Å²) in [5.74, 6) is 0.354. The number of halogens is 2. The van der Waals surface area contributed by atoms with Gasteiger partial charge in [-0.15, -0.1) is 31.2 Å². The van der Waals surface area contributed by atoms with E-state index in [1.165, 1.54) is 5.20 Å². The van der Waals surface area contributed by atoms with Gasteiger partial charge in [0.1, 0.15) is 5.75 Å². The number of allylic oxidation sites excluding steroid dienone is 4.